The summed E-state index contributed by atoms with van der Waals surface area (Å²) in [5.41, 5.74) is 8.69. The van der Waals surface area contributed by atoms with Crippen LogP contribution in [-0.4, -0.2) is 15.8 Å². The van der Waals surface area contributed by atoms with E-state index in [1.807, 2.05) is 16.9 Å². The molecular weight excluding hydrogens is 222 g/mol. The Hall–Kier alpha value is -1.61. The highest BCUT2D eigenvalue weighted by molar-refractivity contribution is 5.17. The Morgan fingerprint density at radius 1 is 1.11 bits per heavy atom. The zero-order valence-corrected chi connectivity index (χ0v) is 11.1. The summed E-state index contributed by atoms with van der Waals surface area (Å²) < 4.78 is 1.98. The second-order valence-corrected chi connectivity index (χ2v) is 5.08. The Labute approximate surface area is 109 Å². The SMILES string of the molecule is CC(C)n1cc(CC(N)Cc2ccccc2)cn1. The zero-order valence-electron chi connectivity index (χ0n) is 11.1. The van der Waals surface area contributed by atoms with E-state index in [2.05, 4.69) is 49.4 Å². The first-order valence-electron chi connectivity index (χ1n) is 6.47. The molecule has 0 amide bonds. The number of hydrogen-bond donors (Lipinski definition) is 1. The number of nitrogens with two attached hydrogens (primary N) is 1. The summed E-state index contributed by atoms with van der Waals surface area (Å²) in [6.07, 6.45) is 5.80. The van der Waals surface area contributed by atoms with Gasteiger partial charge in [0.2, 0.25) is 0 Å². The second kappa shape index (κ2) is 5.83. The maximum Gasteiger partial charge on any atom is 0.0522 e. The quantitative estimate of drug-likeness (QED) is 0.877. The molecule has 0 aliphatic heterocycles. The first kappa shape index (κ1) is 12.8. The summed E-state index contributed by atoms with van der Waals surface area (Å²) in [7, 11) is 0. The van der Waals surface area contributed by atoms with Crippen LogP contribution in [0.2, 0.25) is 0 Å². The minimum Gasteiger partial charge on any atom is -0.327 e. The van der Waals surface area contributed by atoms with E-state index in [0.29, 0.717) is 6.04 Å². The van der Waals surface area contributed by atoms with Crippen molar-refractivity contribution in [1.29, 1.82) is 0 Å². The maximum atomic E-state index is 6.19. The van der Waals surface area contributed by atoms with Crippen LogP contribution >= 0.6 is 0 Å². The van der Waals surface area contributed by atoms with Crippen molar-refractivity contribution >= 4 is 0 Å². The van der Waals surface area contributed by atoms with Gasteiger partial charge in [-0.05, 0) is 37.8 Å². The molecule has 0 fully saturated rings. The van der Waals surface area contributed by atoms with Crippen LogP contribution in [0.25, 0.3) is 0 Å². The molecule has 96 valence electrons. The van der Waals surface area contributed by atoms with Gasteiger partial charge in [-0.3, -0.25) is 4.68 Å². The molecule has 0 aliphatic rings. The lowest BCUT2D eigenvalue weighted by Gasteiger charge is -2.10. The number of nitrogens with zero attached hydrogens (tertiary/aromatic N) is 2. The summed E-state index contributed by atoms with van der Waals surface area (Å²) in [5.74, 6) is 0. The molecule has 0 bridgehead atoms. The van der Waals surface area contributed by atoms with Crippen molar-refractivity contribution in [2.24, 2.45) is 5.73 Å². The van der Waals surface area contributed by atoms with Gasteiger partial charge in [0, 0.05) is 18.3 Å². The molecule has 1 aromatic carbocycles. The fraction of sp³-hybridized carbons (Fsp3) is 0.400. The lowest BCUT2D eigenvalue weighted by molar-refractivity contribution is 0.531. The number of benzene rings is 1. The van der Waals surface area contributed by atoms with Gasteiger partial charge in [0.25, 0.3) is 0 Å². The first-order valence-corrected chi connectivity index (χ1v) is 6.47. The molecule has 1 heterocycles. The van der Waals surface area contributed by atoms with Gasteiger partial charge in [0.1, 0.15) is 0 Å². The normalized spacial score (nSPS) is 12.9. The smallest absolute Gasteiger partial charge is 0.0522 e. The minimum atomic E-state index is 0.150. The van der Waals surface area contributed by atoms with Crippen LogP contribution < -0.4 is 5.73 Å². The second-order valence-electron chi connectivity index (χ2n) is 5.08. The molecule has 0 saturated heterocycles. The van der Waals surface area contributed by atoms with Gasteiger partial charge < -0.3 is 5.73 Å². The fourth-order valence-corrected chi connectivity index (χ4v) is 2.06. The first-order chi connectivity index (χ1) is 8.65. The highest BCUT2D eigenvalue weighted by Gasteiger charge is 2.08. The summed E-state index contributed by atoms with van der Waals surface area (Å²) in [6, 6.07) is 10.9. The summed E-state index contributed by atoms with van der Waals surface area (Å²) in [4.78, 5) is 0. The monoisotopic (exact) mass is 243 g/mol. The van der Waals surface area contributed by atoms with Crippen LogP contribution in [0, 0.1) is 0 Å². The summed E-state index contributed by atoms with van der Waals surface area (Å²) >= 11 is 0. The van der Waals surface area contributed by atoms with E-state index in [1.54, 1.807) is 0 Å². The highest BCUT2D eigenvalue weighted by atomic mass is 15.3. The van der Waals surface area contributed by atoms with Crippen molar-refractivity contribution in [3.8, 4) is 0 Å². The summed E-state index contributed by atoms with van der Waals surface area (Å²) in [6.45, 7) is 4.25. The molecular formula is C15H21N3. The maximum absolute atomic E-state index is 6.19. The molecule has 0 saturated carbocycles. The molecule has 1 atom stereocenters. The van der Waals surface area contributed by atoms with E-state index >= 15 is 0 Å². The van der Waals surface area contributed by atoms with E-state index in [-0.39, 0.29) is 6.04 Å². The average molecular weight is 243 g/mol. The zero-order chi connectivity index (χ0) is 13.0. The molecule has 2 rings (SSSR count). The number of rotatable bonds is 5. The van der Waals surface area contributed by atoms with Crippen molar-refractivity contribution in [2.45, 2.75) is 38.8 Å². The third-order valence-corrected chi connectivity index (χ3v) is 3.02. The Bertz CT molecular complexity index is 473. The molecule has 0 radical (unpaired) electrons. The van der Waals surface area contributed by atoms with E-state index in [0.717, 1.165) is 12.8 Å². The van der Waals surface area contributed by atoms with E-state index < -0.39 is 0 Å². The minimum absolute atomic E-state index is 0.150. The van der Waals surface area contributed by atoms with Crippen LogP contribution in [0.15, 0.2) is 42.7 Å². The lowest BCUT2D eigenvalue weighted by atomic mass is 10.0. The fourth-order valence-electron chi connectivity index (χ4n) is 2.06. The van der Waals surface area contributed by atoms with Gasteiger partial charge in [-0.25, -0.2) is 0 Å². The topological polar surface area (TPSA) is 43.8 Å². The Balaban J connectivity index is 1.92. The van der Waals surface area contributed by atoms with Crippen LogP contribution in [0.5, 0.6) is 0 Å². The predicted octanol–water partition coefficient (Wildman–Crippen LogP) is 2.58. The molecule has 1 aromatic heterocycles. The molecule has 18 heavy (non-hydrogen) atoms. The Kier molecular flexibility index (Phi) is 4.15. The number of aromatic nitrogens is 2. The lowest BCUT2D eigenvalue weighted by Crippen LogP contribution is -2.25. The standard InChI is InChI=1S/C15H21N3/c1-12(2)18-11-14(10-17-18)9-15(16)8-13-6-4-3-5-7-13/h3-7,10-12,15H,8-9,16H2,1-2H3. The number of hydrogen-bond acceptors (Lipinski definition) is 2. The van der Waals surface area contributed by atoms with Crippen LogP contribution in [-0.2, 0) is 12.8 Å². The van der Waals surface area contributed by atoms with Gasteiger partial charge in [-0.15, -0.1) is 0 Å². The van der Waals surface area contributed by atoms with Gasteiger partial charge >= 0.3 is 0 Å². The van der Waals surface area contributed by atoms with Gasteiger partial charge in [-0.1, -0.05) is 30.3 Å². The molecule has 0 aliphatic carbocycles. The molecule has 0 spiro atoms. The Morgan fingerprint density at radius 2 is 1.78 bits per heavy atom. The van der Waals surface area contributed by atoms with Crippen LogP contribution in [0.1, 0.15) is 31.0 Å². The molecule has 2 N–H and O–H groups in total. The van der Waals surface area contributed by atoms with E-state index in [9.17, 15) is 0 Å². The third kappa shape index (κ3) is 3.44. The van der Waals surface area contributed by atoms with Gasteiger partial charge in [-0.2, -0.15) is 5.10 Å². The van der Waals surface area contributed by atoms with Crippen molar-refractivity contribution in [3.05, 3.63) is 53.9 Å². The highest BCUT2D eigenvalue weighted by Crippen LogP contribution is 2.09. The van der Waals surface area contributed by atoms with Crippen molar-refractivity contribution in [3.63, 3.8) is 0 Å². The summed E-state index contributed by atoms with van der Waals surface area (Å²) in [5, 5.41) is 4.34. The molecule has 3 nitrogen and oxygen atoms in total. The predicted molar refractivity (Wildman–Crippen MR) is 74.4 cm³/mol. The largest absolute Gasteiger partial charge is 0.327 e. The average Bonchev–Trinajstić information content (AvgIpc) is 2.78. The van der Waals surface area contributed by atoms with Gasteiger partial charge in [0.15, 0.2) is 0 Å². The molecule has 3 heteroatoms. The van der Waals surface area contributed by atoms with Gasteiger partial charge in [0.05, 0.1) is 6.20 Å². The molecule has 2 aromatic rings. The van der Waals surface area contributed by atoms with Crippen molar-refractivity contribution in [2.75, 3.05) is 0 Å². The van der Waals surface area contributed by atoms with E-state index in [4.69, 9.17) is 5.73 Å². The van der Waals surface area contributed by atoms with Crippen molar-refractivity contribution in [1.82, 2.24) is 9.78 Å². The van der Waals surface area contributed by atoms with Crippen LogP contribution in [0.4, 0.5) is 0 Å². The van der Waals surface area contributed by atoms with E-state index in [1.165, 1.54) is 11.1 Å². The van der Waals surface area contributed by atoms with Crippen molar-refractivity contribution < 1.29 is 0 Å². The Morgan fingerprint density at radius 3 is 2.39 bits per heavy atom. The van der Waals surface area contributed by atoms with Crippen LogP contribution in [0.3, 0.4) is 0 Å². The third-order valence-electron chi connectivity index (χ3n) is 3.02. The molecule has 1 unspecified atom stereocenters.